The van der Waals surface area contributed by atoms with Crippen LogP contribution in [0.2, 0.25) is 0 Å². The quantitative estimate of drug-likeness (QED) is 0.0542. The number of phosphoric ester groups is 1. The lowest BCUT2D eigenvalue weighted by Gasteiger charge is -2.24. The molecule has 0 heterocycles. The molecule has 0 rings (SSSR count). The Morgan fingerprint density at radius 2 is 1.50 bits per heavy atom. The molecule has 0 aromatic rings. The Hall–Kier alpha value is -1.06. The lowest BCUT2D eigenvalue weighted by molar-refractivity contribution is -0.124. The van der Waals surface area contributed by atoms with Crippen molar-refractivity contribution >= 4 is 13.7 Å². The molecule has 0 aliphatic heterocycles. The summed E-state index contributed by atoms with van der Waals surface area (Å²) in [6.07, 6.45) is 20.1. The maximum Gasteiger partial charge on any atom is 0.472 e. The van der Waals surface area contributed by atoms with Crippen LogP contribution in [0, 0.1) is 0 Å². The van der Waals surface area contributed by atoms with E-state index in [-0.39, 0.29) is 19.6 Å². The molecule has 38 heavy (non-hydrogen) atoms. The third-order valence-electron chi connectivity index (χ3n) is 6.08. The number of aliphatic hydroxyl groups is 2. The maximum absolute atomic E-state index is 12.6. The zero-order valence-electron chi connectivity index (χ0n) is 23.8. The average Bonchev–Trinajstić information content (AvgIpc) is 2.88. The standard InChI is InChI=1S/C28H55N2O7P/c1-3-5-7-9-11-13-15-17-19-25(31)23-28(33)30-26(24-37-38(34,35)36-22-21-29)27(32)20-18-16-14-12-10-8-6-4-2/h10,12,18,20,25-27,31-32H,3-9,11,13-17,19,21-24,29H2,1-2H3,(H,30,33)(H,34,35)/b12-10+,20-18+. The topological polar surface area (TPSA) is 151 Å². The van der Waals surface area contributed by atoms with Crippen molar-refractivity contribution < 1.29 is 33.5 Å². The lowest BCUT2D eigenvalue weighted by atomic mass is 10.0. The van der Waals surface area contributed by atoms with Crippen molar-refractivity contribution in [2.24, 2.45) is 5.73 Å². The molecule has 0 fully saturated rings. The number of unbranched alkanes of at least 4 members (excludes halogenated alkanes) is 10. The molecule has 0 saturated carbocycles. The fourth-order valence-electron chi connectivity index (χ4n) is 3.82. The molecule has 0 aromatic carbocycles. The normalized spacial score (nSPS) is 16.1. The number of rotatable bonds is 26. The number of phosphoric acid groups is 1. The molecule has 9 nitrogen and oxygen atoms in total. The van der Waals surface area contributed by atoms with Crippen LogP contribution in [0.4, 0.5) is 0 Å². The summed E-state index contributed by atoms with van der Waals surface area (Å²) < 4.78 is 21.7. The number of carbonyl (C=O) groups is 1. The molecule has 4 unspecified atom stereocenters. The molecule has 0 radical (unpaired) electrons. The number of amides is 1. The van der Waals surface area contributed by atoms with Crippen molar-refractivity contribution in [1.29, 1.82) is 0 Å². The van der Waals surface area contributed by atoms with E-state index in [1.165, 1.54) is 38.2 Å². The fraction of sp³-hybridized carbons (Fsp3) is 0.821. The van der Waals surface area contributed by atoms with Crippen molar-refractivity contribution in [3.63, 3.8) is 0 Å². The van der Waals surface area contributed by atoms with Crippen LogP contribution < -0.4 is 11.1 Å². The van der Waals surface area contributed by atoms with E-state index < -0.39 is 38.6 Å². The smallest absolute Gasteiger partial charge is 0.393 e. The van der Waals surface area contributed by atoms with Gasteiger partial charge in [-0.1, -0.05) is 102 Å². The molecule has 10 heteroatoms. The Balaban J connectivity index is 4.69. The Morgan fingerprint density at radius 1 is 0.895 bits per heavy atom. The van der Waals surface area contributed by atoms with Crippen molar-refractivity contribution in [2.75, 3.05) is 19.8 Å². The van der Waals surface area contributed by atoms with Gasteiger partial charge in [0.15, 0.2) is 0 Å². The summed E-state index contributed by atoms with van der Waals surface area (Å²) in [6.45, 7) is 3.78. The van der Waals surface area contributed by atoms with Crippen molar-refractivity contribution in [3.8, 4) is 0 Å². The molecule has 0 aliphatic carbocycles. The maximum atomic E-state index is 12.6. The zero-order valence-corrected chi connectivity index (χ0v) is 24.7. The van der Waals surface area contributed by atoms with Gasteiger partial charge in [-0.15, -0.1) is 0 Å². The summed E-state index contributed by atoms with van der Waals surface area (Å²) in [7, 11) is -4.38. The summed E-state index contributed by atoms with van der Waals surface area (Å²) >= 11 is 0. The number of nitrogens with one attached hydrogen (secondary N) is 1. The molecular formula is C28H55N2O7P. The van der Waals surface area contributed by atoms with Crippen LogP contribution >= 0.6 is 7.82 Å². The Labute approximate surface area is 230 Å². The molecule has 6 N–H and O–H groups in total. The zero-order chi connectivity index (χ0) is 28.5. The first-order valence-corrected chi connectivity index (χ1v) is 16.0. The van der Waals surface area contributed by atoms with Crippen LogP contribution in [0.3, 0.4) is 0 Å². The molecule has 0 aromatic heterocycles. The minimum absolute atomic E-state index is 0.0447. The molecule has 0 spiro atoms. The molecule has 4 atom stereocenters. The first-order chi connectivity index (χ1) is 18.3. The van der Waals surface area contributed by atoms with E-state index in [1.807, 2.05) is 0 Å². The highest BCUT2D eigenvalue weighted by molar-refractivity contribution is 7.47. The van der Waals surface area contributed by atoms with E-state index >= 15 is 0 Å². The molecule has 224 valence electrons. The van der Waals surface area contributed by atoms with E-state index in [0.29, 0.717) is 12.8 Å². The largest absolute Gasteiger partial charge is 0.472 e. The number of allylic oxidation sites excluding steroid dienone is 3. The fourth-order valence-corrected chi connectivity index (χ4v) is 4.58. The molecule has 0 aliphatic rings. The van der Waals surface area contributed by atoms with Crippen molar-refractivity contribution in [1.82, 2.24) is 5.32 Å². The first-order valence-electron chi connectivity index (χ1n) is 14.5. The van der Waals surface area contributed by atoms with E-state index in [0.717, 1.165) is 44.9 Å². The van der Waals surface area contributed by atoms with Crippen molar-refractivity contribution in [2.45, 2.75) is 128 Å². The van der Waals surface area contributed by atoms with Gasteiger partial charge in [0.1, 0.15) is 0 Å². The molecule has 0 bridgehead atoms. The van der Waals surface area contributed by atoms with Gasteiger partial charge in [-0.05, 0) is 25.7 Å². The van der Waals surface area contributed by atoms with Gasteiger partial charge in [-0.2, -0.15) is 0 Å². The highest BCUT2D eigenvalue weighted by Crippen LogP contribution is 2.43. The second kappa shape index (κ2) is 24.9. The van der Waals surface area contributed by atoms with Crippen LogP contribution in [-0.2, 0) is 18.4 Å². The number of carbonyl (C=O) groups excluding carboxylic acids is 1. The van der Waals surface area contributed by atoms with E-state index in [9.17, 15) is 24.5 Å². The van der Waals surface area contributed by atoms with Gasteiger partial charge < -0.3 is 26.2 Å². The summed E-state index contributed by atoms with van der Waals surface area (Å²) in [6, 6.07) is -0.990. The molecule has 1 amide bonds. The first kappa shape index (κ1) is 36.9. The van der Waals surface area contributed by atoms with Gasteiger partial charge in [0.2, 0.25) is 5.91 Å². The average molecular weight is 563 g/mol. The monoisotopic (exact) mass is 562 g/mol. The second-order valence-electron chi connectivity index (χ2n) is 9.79. The SMILES string of the molecule is CCCC/C=C/CC/C=C/C(O)C(COP(=O)(O)OCCN)NC(=O)CC(O)CCCCCCCCCC. The predicted molar refractivity (Wildman–Crippen MR) is 154 cm³/mol. The third-order valence-corrected chi connectivity index (χ3v) is 7.07. The van der Waals surface area contributed by atoms with Crippen molar-refractivity contribution in [3.05, 3.63) is 24.3 Å². The van der Waals surface area contributed by atoms with Crippen LogP contribution in [0.25, 0.3) is 0 Å². The number of hydrogen-bond acceptors (Lipinski definition) is 7. The van der Waals surface area contributed by atoms with E-state index in [4.69, 9.17) is 14.8 Å². The van der Waals surface area contributed by atoms with E-state index in [1.54, 1.807) is 6.08 Å². The summed E-state index contributed by atoms with van der Waals surface area (Å²) in [5.74, 6) is -0.465. The van der Waals surface area contributed by atoms with Gasteiger partial charge >= 0.3 is 7.82 Å². The Morgan fingerprint density at radius 3 is 2.16 bits per heavy atom. The highest BCUT2D eigenvalue weighted by atomic mass is 31.2. The minimum atomic E-state index is -4.38. The highest BCUT2D eigenvalue weighted by Gasteiger charge is 2.27. The second-order valence-corrected chi connectivity index (χ2v) is 11.2. The number of nitrogens with two attached hydrogens (primary N) is 1. The number of hydrogen-bond donors (Lipinski definition) is 5. The summed E-state index contributed by atoms with van der Waals surface area (Å²) in [4.78, 5) is 22.3. The van der Waals surface area contributed by atoms with Gasteiger partial charge in [0, 0.05) is 6.54 Å². The number of aliphatic hydroxyl groups excluding tert-OH is 2. The minimum Gasteiger partial charge on any atom is -0.393 e. The molecular weight excluding hydrogens is 507 g/mol. The van der Waals surface area contributed by atoms with Gasteiger partial charge in [-0.3, -0.25) is 13.8 Å². The summed E-state index contributed by atoms with van der Waals surface area (Å²) in [5.41, 5.74) is 5.29. The van der Waals surface area contributed by atoms with Gasteiger partial charge in [-0.25, -0.2) is 4.57 Å². The van der Waals surface area contributed by atoms with Crippen LogP contribution in [0.15, 0.2) is 24.3 Å². The third kappa shape index (κ3) is 22.9. The summed E-state index contributed by atoms with van der Waals surface area (Å²) in [5, 5.41) is 23.5. The van der Waals surface area contributed by atoms with Gasteiger partial charge in [0.25, 0.3) is 0 Å². The van der Waals surface area contributed by atoms with Crippen LogP contribution in [-0.4, -0.2) is 59.0 Å². The predicted octanol–water partition coefficient (Wildman–Crippen LogP) is 5.29. The Kier molecular flexibility index (Phi) is 24.2. The van der Waals surface area contributed by atoms with Crippen LogP contribution in [0.5, 0.6) is 0 Å². The lowest BCUT2D eigenvalue weighted by Crippen LogP contribution is -2.46. The molecule has 0 saturated heterocycles. The Bertz CT molecular complexity index is 676. The van der Waals surface area contributed by atoms with Crippen LogP contribution in [0.1, 0.15) is 110 Å². The van der Waals surface area contributed by atoms with Gasteiger partial charge in [0.05, 0.1) is 37.9 Å². The van der Waals surface area contributed by atoms with E-state index in [2.05, 4.69) is 31.3 Å².